The van der Waals surface area contributed by atoms with Crippen molar-refractivity contribution in [3.05, 3.63) is 48.6 Å². The SMILES string of the molecule is C=CCNC(=O)CSc1nnc(CN2CCCCC2)n1-c1ccc(F)cc1. The molecule has 144 valence electrons. The van der Waals surface area contributed by atoms with E-state index < -0.39 is 0 Å². The maximum Gasteiger partial charge on any atom is 0.230 e. The number of nitrogens with one attached hydrogen (secondary N) is 1. The van der Waals surface area contributed by atoms with Gasteiger partial charge in [0.1, 0.15) is 5.82 Å². The number of hydrogen-bond acceptors (Lipinski definition) is 5. The first-order chi connectivity index (χ1) is 13.2. The van der Waals surface area contributed by atoms with E-state index in [1.165, 1.54) is 43.2 Å². The summed E-state index contributed by atoms with van der Waals surface area (Å²) in [6.45, 7) is 6.80. The molecule has 3 rings (SSSR count). The number of nitrogens with zero attached hydrogens (tertiary/aromatic N) is 4. The average Bonchev–Trinajstić information content (AvgIpc) is 3.08. The third kappa shape index (κ3) is 5.40. The third-order valence-corrected chi connectivity index (χ3v) is 5.30. The zero-order valence-corrected chi connectivity index (χ0v) is 16.1. The summed E-state index contributed by atoms with van der Waals surface area (Å²) in [4.78, 5) is 14.3. The van der Waals surface area contributed by atoms with Crippen LogP contribution in [0.25, 0.3) is 5.69 Å². The standard InChI is InChI=1S/C19H24FN5OS/c1-2-10-21-18(26)14-27-19-23-22-17(13-24-11-4-3-5-12-24)25(19)16-8-6-15(20)7-9-16/h2,6-9H,1,3-5,10-14H2,(H,21,26). The topological polar surface area (TPSA) is 63.1 Å². The molecular weight excluding hydrogens is 365 g/mol. The number of thioether (sulfide) groups is 1. The van der Waals surface area contributed by atoms with Gasteiger partial charge in [-0.15, -0.1) is 16.8 Å². The Labute approximate surface area is 162 Å². The fourth-order valence-corrected chi connectivity index (χ4v) is 3.83. The fraction of sp³-hybridized carbons (Fsp3) is 0.421. The lowest BCUT2D eigenvalue weighted by molar-refractivity contribution is -0.118. The molecule has 2 heterocycles. The Balaban J connectivity index is 1.80. The molecule has 27 heavy (non-hydrogen) atoms. The van der Waals surface area contributed by atoms with Gasteiger partial charge in [-0.25, -0.2) is 4.39 Å². The van der Waals surface area contributed by atoms with Gasteiger partial charge < -0.3 is 5.32 Å². The van der Waals surface area contributed by atoms with Crippen LogP contribution < -0.4 is 5.32 Å². The number of rotatable bonds is 8. The normalized spacial score (nSPS) is 14.9. The molecule has 0 bridgehead atoms. The zero-order chi connectivity index (χ0) is 19.1. The number of carbonyl (C=O) groups is 1. The van der Waals surface area contributed by atoms with Gasteiger partial charge in [-0.1, -0.05) is 24.3 Å². The molecule has 1 fully saturated rings. The molecule has 1 N–H and O–H groups in total. The van der Waals surface area contributed by atoms with E-state index >= 15 is 0 Å². The van der Waals surface area contributed by atoms with Crippen molar-refractivity contribution in [3.8, 4) is 5.69 Å². The largest absolute Gasteiger partial charge is 0.352 e. The Kier molecular flexibility index (Phi) is 7.00. The Hall–Kier alpha value is -2.19. The maximum absolute atomic E-state index is 13.4. The van der Waals surface area contributed by atoms with Gasteiger partial charge in [-0.05, 0) is 50.2 Å². The first-order valence-electron chi connectivity index (χ1n) is 9.10. The van der Waals surface area contributed by atoms with Crippen LogP contribution in [0.2, 0.25) is 0 Å². The minimum Gasteiger partial charge on any atom is -0.352 e. The number of amides is 1. The van der Waals surface area contributed by atoms with Crippen molar-refractivity contribution in [2.45, 2.75) is 31.0 Å². The lowest BCUT2D eigenvalue weighted by Crippen LogP contribution is -2.30. The molecule has 1 aromatic heterocycles. The highest BCUT2D eigenvalue weighted by Gasteiger charge is 2.19. The summed E-state index contributed by atoms with van der Waals surface area (Å²) < 4.78 is 15.3. The van der Waals surface area contributed by atoms with Gasteiger partial charge in [0.25, 0.3) is 0 Å². The predicted molar refractivity (Wildman–Crippen MR) is 104 cm³/mol. The van der Waals surface area contributed by atoms with E-state index in [2.05, 4.69) is 27.0 Å². The van der Waals surface area contributed by atoms with Crippen LogP contribution in [-0.2, 0) is 11.3 Å². The van der Waals surface area contributed by atoms with Crippen LogP contribution in [0.3, 0.4) is 0 Å². The van der Waals surface area contributed by atoms with E-state index in [9.17, 15) is 9.18 Å². The Morgan fingerprint density at radius 1 is 1.22 bits per heavy atom. The average molecular weight is 390 g/mol. The second kappa shape index (κ2) is 9.66. The molecule has 0 atom stereocenters. The first-order valence-corrected chi connectivity index (χ1v) is 10.1. The molecule has 0 unspecified atom stereocenters. The summed E-state index contributed by atoms with van der Waals surface area (Å²) in [5, 5.41) is 12.0. The molecule has 2 aromatic rings. The van der Waals surface area contributed by atoms with E-state index in [4.69, 9.17) is 0 Å². The van der Waals surface area contributed by atoms with Crippen LogP contribution in [-0.4, -0.2) is 51.0 Å². The van der Waals surface area contributed by atoms with Crippen molar-refractivity contribution in [2.75, 3.05) is 25.4 Å². The van der Waals surface area contributed by atoms with E-state index in [1.54, 1.807) is 18.2 Å². The molecule has 1 aliphatic heterocycles. The second-order valence-corrected chi connectivity index (χ2v) is 7.37. The van der Waals surface area contributed by atoms with Crippen LogP contribution in [0, 0.1) is 5.82 Å². The van der Waals surface area contributed by atoms with Gasteiger partial charge >= 0.3 is 0 Å². The summed E-state index contributed by atoms with van der Waals surface area (Å²) in [6.07, 6.45) is 5.29. The van der Waals surface area contributed by atoms with Crippen molar-refractivity contribution in [3.63, 3.8) is 0 Å². The molecular formula is C19H24FN5OS. The molecule has 1 aromatic carbocycles. The molecule has 0 aliphatic carbocycles. The van der Waals surface area contributed by atoms with Gasteiger partial charge in [0.15, 0.2) is 11.0 Å². The number of aromatic nitrogens is 3. The van der Waals surface area contributed by atoms with Crippen LogP contribution in [0.4, 0.5) is 4.39 Å². The summed E-state index contributed by atoms with van der Waals surface area (Å²) in [5.41, 5.74) is 0.794. The Morgan fingerprint density at radius 3 is 2.67 bits per heavy atom. The summed E-state index contributed by atoms with van der Waals surface area (Å²) >= 11 is 1.32. The highest BCUT2D eigenvalue weighted by molar-refractivity contribution is 7.99. The molecule has 0 radical (unpaired) electrons. The van der Waals surface area contributed by atoms with Gasteiger partial charge in [-0.3, -0.25) is 14.3 Å². The van der Waals surface area contributed by atoms with E-state index in [0.29, 0.717) is 18.2 Å². The maximum atomic E-state index is 13.4. The van der Waals surface area contributed by atoms with E-state index in [-0.39, 0.29) is 17.5 Å². The second-order valence-electron chi connectivity index (χ2n) is 6.43. The number of hydrogen-bond donors (Lipinski definition) is 1. The van der Waals surface area contributed by atoms with Gasteiger partial charge in [0.2, 0.25) is 5.91 Å². The Morgan fingerprint density at radius 2 is 1.96 bits per heavy atom. The highest BCUT2D eigenvalue weighted by atomic mass is 32.2. The van der Waals surface area contributed by atoms with Crippen molar-refractivity contribution < 1.29 is 9.18 Å². The van der Waals surface area contributed by atoms with Crippen molar-refractivity contribution >= 4 is 17.7 Å². The summed E-state index contributed by atoms with van der Waals surface area (Å²) in [6, 6.07) is 6.26. The molecule has 6 nitrogen and oxygen atoms in total. The fourth-order valence-electron chi connectivity index (χ4n) is 3.03. The molecule has 8 heteroatoms. The predicted octanol–water partition coefficient (Wildman–Crippen LogP) is 2.79. The first kappa shape index (κ1) is 19.6. The van der Waals surface area contributed by atoms with Crippen molar-refractivity contribution in [1.29, 1.82) is 0 Å². The van der Waals surface area contributed by atoms with Crippen LogP contribution >= 0.6 is 11.8 Å². The third-order valence-electron chi connectivity index (χ3n) is 4.37. The molecule has 1 aliphatic rings. The molecule has 1 amide bonds. The molecule has 0 spiro atoms. The number of carbonyl (C=O) groups excluding carboxylic acids is 1. The zero-order valence-electron chi connectivity index (χ0n) is 15.2. The van der Waals surface area contributed by atoms with Crippen LogP contribution in [0.15, 0.2) is 42.1 Å². The van der Waals surface area contributed by atoms with E-state index in [1.807, 2.05) is 4.57 Å². The smallest absolute Gasteiger partial charge is 0.230 e. The number of benzene rings is 1. The van der Waals surface area contributed by atoms with Crippen LogP contribution in [0.1, 0.15) is 25.1 Å². The highest BCUT2D eigenvalue weighted by Crippen LogP contribution is 2.24. The van der Waals surface area contributed by atoms with Gasteiger partial charge in [0, 0.05) is 12.2 Å². The lowest BCUT2D eigenvalue weighted by Gasteiger charge is -2.26. The number of piperidine rings is 1. The molecule has 0 saturated carbocycles. The summed E-state index contributed by atoms with van der Waals surface area (Å²) in [5.74, 6) is 0.655. The molecule has 1 saturated heterocycles. The van der Waals surface area contributed by atoms with Gasteiger partial charge in [-0.2, -0.15) is 0 Å². The number of likely N-dealkylation sites (tertiary alicyclic amines) is 1. The minimum absolute atomic E-state index is 0.0915. The summed E-state index contributed by atoms with van der Waals surface area (Å²) in [7, 11) is 0. The van der Waals surface area contributed by atoms with Crippen molar-refractivity contribution in [1.82, 2.24) is 25.0 Å². The lowest BCUT2D eigenvalue weighted by atomic mass is 10.1. The monoisotopic (exact) mass is 389 g/mol. The quantitative estimate of drug-likeness (QED) is 0.556. The van der Waals surface area contributed by atoms with Gasteiger partial charge in [0.05, 0.1) is 12.3 Å². The minimum atomic E-state index is -0.289. The Bertz CT molecular complexity index is 771. The number of halogens is 1. The van der Waals surface area contributed by atoms with E-state index in [0.717, 1.165) is 24.6 Å². The van der Waals surface area contributed by atoms with Crippen LogP contribution in [0.5, 0.6) is 0 Å². The van der Waals surface area contributed by atoms with Crippen molar-refractivity contribution in [2.24, 2.45) is 0 Å².